The van der Waals surface area contributed by atoms with Crippen LogP contribution in [0.5, 0.6) is 0 Å². The second-order valence-corrected chi connectivity index (χ2v) is 10.6. The molecule has 0 aliphatic heterocycles. The molecule has 180 valence electrons. The standard InChI is InChI=1S/C25H45NO5/c1-16(2)20-10-8-18(5)14-22(20)30-24(27)26-12-7-13-29-25(28)31-23-15-19(6)9-11-21(23)17(3)4/h16-23H,7-15H2,1-6H3,(H,26,27). The fraction of sp³-hybridized carbons (Fsp3) is 0.920. The number of carbonyl (C=O) groups is 2. The molecule has 0 radical (unpaired) electrons. The number of rotatable bonds is 8. The number of amides is 1. The van der Waals surface area contributed by atoms with Gasteiger partial charge in [0.1, 0.15) is 12.2 Å². The van der Waals surface area contributed by atoms with Crippen LogP contribution >= 0.6 is 0 Å². The average molecular weight is 440 g/mol. The van der Waals surface area contributed by atoms with E-state index in [-0.39, 0.29) is 24.9 Å². The number of hydrogen-bond acceptors (Lipinski definition) is 5. The Labute approximate surface area is 189 Å². The Morgan fingerprint density at radius 2 is 1.35 bits per heavy atom. The molecule has 2 fully saturated rings. The lowest BCUT2D eigenvalue weighted by atomic mass is 9.75. The number of hydrogen-bond donors (Lipinski definition) is 1. The number of nitrogens with one attached hydrogen (secondary N) is 1. The highest BCUT2D eigenvalue weighted by Crippen LogP contribution is 2.36. The minimum absolute atomic E-state index is 0.0123. The van der Waals surface area contributed by atoms with Gasteiger partial charge in [-0.05, 0) is 67.6 Å². The lowest BCUT2D eigenvalue weighted by molar-refractivity contribution is -0.0319. The van der Waals surface area contributed by atoms with Crippen molar-refractivity contribution in [3.8, 4) is 0 Å². The van der Waals surface area contributed by atoms with Crippen molar-refractivity contribution in [2.75, 3.05) is 13.2 Å². The van der Waals surface area contributed by atoms with Gasteiger partial charge in [0.2, 0.25) is 0 Å². The van der Waals surface area contributed by atoms with E-state index in [1.54, 1.807) is 0 Å². The van der Waals surface area contributed by atoms with Gasteiger partial charge in [-0.1, -0.05) is 54.4 Å². The van der Waals surface area contributed by atoms with E-state index in [1.165, 1.54) is 12.8 Å². The first-order valence-corrected chi connectivity index (χ1v) is 12.4. The maximum absolute atomic E-state index is 12.2. The molecule has 6 nitrogen and oxygen atoms in total. The number of ether oxygens (including phenoxy) is 3. The molecule has 0 heterocycles. The topological polar surface area (TPSA) is 73.9 Å². The van der Waals surface area contributed by atoms with E-state index < -0.39 is 6.16 Å². The minimum atomic E-state index is -0.594. The fourth-order valence-electron chi connectivity index (χ4n) is 5.26. The lowest BCUT2D eigenvalue weighted by Gasteiger charge is -2.36. The monoisotopic (exact) mass is 439 g/mol. The van der Waals surface area contributed by atoms with Crippen molar-refractivity contribution in [2.24, 2.45) is 35.5 Å². The Balaban J connectivity index is 1.63. The third-order valence-electron chi connectivity index (χ3n) is 7.24. The second kappa shape index (κ2) is 12.5. The SMILES string of the molecule is CC1CCC(C(C)C)C(OC(=O)NCCCOC(=O)OC2CC(C)CCC2C(C)C)C1. The first-order chi connectivity index (χ1) is 14.7. The van der Waals surface area contributed by atoms with Crippen molar-refractivity contribution >= 4 is 12.2 Å². The molecule has 1 amide bonds. The summed E-state index contributed by atoms with van der Waals surface area (Å²) >= 11 is 0. The largest absolute Gasteiger partial charge is 0.508 e. The third-order valence-corrected chi connectivity index (χ3v) is 7.24. The summed E-state index contributed by atoms with van der Waals surface area (Å²) in [6.45, 7) is 13.8. The van der Waals surface area contributed by atoms with Crippen molar-refractivity contribution in [1.29, 1.82) is 0 Å². The molecular formula is C25H45NO5. The first kappa shape index (κ1) is 25.8. The van der Waals surface area contributed by atoms with Gasteiger partial charge in [-0.3, -0.25) is 0 Å². The van der Waals surface area contributed by atoms with Crippen molar-refractivity contribution in [1.82, 2.24) is 5.32 Å². The van der Waals surface area contributed by atoms with Crippen LogP contribution in [0, 0.1) is 35.5 Å². The summed E-state index contributed by atoms with van der Waals surface area (Å²) in [5.74, 6) is 2.99. The van der Waals surface area contributed by atoms with Crippen LogP contribution in [0.25, 0.3) is 0 Å². The highest BCUT2D eigenvalue weighted by Gasteiger charge is 2.34. The van der Waals surface area contributed by atoms with E-state index in [2.05, 4.69) is 46.9 Å². The van der Waals surface area contributed by atoms with Crippen LogP contribution in [-0.4, -0.2) is 37.6 Å². The summed E-state index contributed by atoms with van der Waals surface area (Å²) in [5.41, 5.74) is 0. The van der Waals surface area contributed by atoms with Gasteiger partial charge in [-0.15, -0.1) is 0 Å². The molecule has 0 aromatic heterocycles. The Hall–Kier alpha value is -1.46. The summed E-state index contributed by atoms with van der Waals surface area (Å²) in [6, 6.07) is 0. The Morgan fingerprint density at radius 1 is 0.839 bits per heavy atom. The summed E-state index contributed by atoms with van der Waals surface area (Å²) in [5, 5.41) is 2.79. The zero-order valence-corrected chi connectivity index (χ0v) is 20.5. The summed E-state index contributed by atoms with van der Waals surface area (Å²) in [7, 11) is 0. The first-order valence-electron chi connectivity index (χ1n) is 12.4. The molecule has 2 rings (SSSR count). The van der Waals surface area contributed by atoms with Crippen LogP contribution in [0.4, 0.5) is 9.59 Å². The van der Waals surface area contributed by atoms with Crippen molar-refractivity contribution in [3.05, 3.63) is 0 Å². The zero-order chi connectivity index (χ0) is 23.0. The van der Waals surface area contributed by atoms with Crippen LogP contribution in [0.2, 0.25) is 0 Å². The van der Waals surface area contributed by atoms with Crippen LogP contribution in [0.15, 0.2) is 0 Å². The molecule has 31 heavy (non-hydrogen) atoms. The van der Waals surface area contributed by atoms with Crippen molar-refractivity contribution < 1.29 is 23.8 Å². The molecule has 1 N–H and O–H groups in total. The molecule has 2 aliphatic carbocycles. The molecule has 6 atom stereocenters. The van der Waals surface area contributed by atoms with Gasteiger partial charge >= 0.3 is 12.2 Å². The highest BCUT2D eigenvalue weighted by atomic mass is 16.7. The van der Waals surface area contributed by atoms with Gasteiger partial charge in [0.05, 0.1) is 6.61 Å². The Morgan fingerprint density at radius 3 is 1.87 bits per heavy atom. The van der Waals surface area contributed by atoms with Gasteiger partial charge in [-0.25, -0.2) is 9.59 Å². The van der Waals surface area contributed by atoms with E-state index in [4.69, 9.17) is 14.2 Å². The molecule has 0 bridgehead atoms. The van der Waals surface area contributed by atoms with Gasteiger partial charge < -0.3 is 19.5 Å². The predicted molar refractivity (Wildman–Crippen MR) is 122 cm³/mol. The molecule has 0 aromatic rings. The van der Waals surface area contributed by atoms with E-state index in [1.807, 2.05) is 0 Å². The van der Waals surface area contributed by atoms with E-state index >= 15 is 0 Å². The molecule has 0 spiro atoms. The van der Waals surface area contributed by atoms with Gasteiger partial charge in [-0.2, -0.15) is 0 Å². The van der Waals surface area contributed by atoms with Crippen molar-refractivity contribution in [3.63, 3.8) is 0 Å². The molecule has 2 saturated carbocycles. The minimum Gasteiger partial charge on any atom is -0.446 e. The molecule has 6 unspecified atom stereocenters. The van der Waals surface area contributed by atoms with E-state index in [0.717, 1.165) is 25.7 Å². The maximum atomic E-state index is 12.2. The molecular weight excluding hydrogens is 394 g/mol. The van der Waals surface area contributed by atoms with Crippen LogP contribution in [-0.2, 0) is 14.2 Å². The van der Waals surface area contributed by atoms with E-state index in [9.17, 15) is 9.59 Å². The van der Waals surface area contributed by atoms with Crippen molar-refractivity contribution in [2.45, 2.75) is 98.7 Å². The van der Waals surface area contributed by atoms with Gasteiger partial charge in [0, 0.05) is 6.54 Å². The van der Waals surface area contributed by atoms with Gasteiger partial charge in [0.25, 0.3) is 0 Å². The molecule has 0 saturated heterocycles. The third kappa shape index (κ3) is 8.53. The maximum Gasteiger partial charge on any atom is 0.508 e. The van der Waals surface area contributed by atoms with Crippen LogP contribution < -0.4 is 5.32 Å². The zero-order valence-electron chi connectivity index (χ0n) is 20.5. The Bertz CT molecular complexity index is 516. The van der Waals surface area contributed by atoms with Gasteiger partial charge in [0.15, 0.2) is 0 Å². The number of carbonyl (C=O) groups excluding carboxylic acids is 2. The van der Waals surface area contributed by atoms with E-state index in [0.29, 0.717) is 48.5 Å². The molecule has 0 aromatic carbocycles. The Kier molecular flexibility index (Phi) is 10.4. The smallest absolute Gasteiger partial charge is 0.446 e. The predicted octanol–water partition coefficient (Wildman–Crippen LogP) is 6.18. The average Bonchev–Trinajstić information content (AvgIpc) is 2.67. The summed E-state index contributed by atoms with van der Waals surface area (Å²) in [6.07, 6.45) is 5.94. The van der Waals surface area contributed by atoms with Crippen LogP contribution in [0.3, 0.4) is 0 Å². The summed E-state index contributed by atoms with van der Waals surface area (Å²) in [4.78, 5) is 24.3. The lowest BCUT2D eigenvalue weighted by Crippen LogP contribution is -2.39. The summed E-state index contributed by atoms with van der Waals surface area (Å²) < 4.78 is 16.6. The highest BCUT2D eigenvalue weighted by molar-refractivity contribution is 5.67. The number of alkyl carbamates (subject to hydrolysis) is 1. The molecule has 6 heteroatoms. The molecule has 2 aliphatic rings. The fourth-order valence-corrected chi connectivity index (χ4v) is 5.26. The quantitative estimate of drug-likeness (QED) is 0.361. The second-order valence-electron chi connectivity index (χ2n) is 10.6. The van der Waals surface area contributed by atoms with Crippen LogP contribution in [0.1, 0.15) is 86.5 Å². The normalized spacial score (nSPS) is 31.4.